The molecule has 0 saturated heterocycles. The average molecular weight is 334 g/mol. The zero-order chi connectivity index (χ0) is 16.4. The van der Waals surface area contributed by atoms with Crippen molar-refractivity contribution in [2.24, 2.45) is 11.1 Å². The molecule has 0 aliphatic rings. The van der Waals surface area contributed by atoms with Gasteiger partial charge in [-0.15, -0.1) is 11.3 Å². The van der Waals surface area contributed by atoms with E-state index >= 15 is 0 Å². The van der Waals surface area contributed by atoms with Gasteiger partial charge in [0.1, 0.15) is 9.77 Å². The number of nitrogens with one attached hydrogen (secondary N) is 1. The van der Waals surface area contributed by atoms with Crippen molar-refractivity contribution in [3.63, 3.8) is 0 Å². The molecular weight excluding hydrogens is 316 g/mol. The molecule has 0 bridgehead atoms. The minimum absolute atomic E-state index is 0.000573. The van der Waals surface area contributed by atoms with Gasteiger partial charge in [-0.3, -0.25) is 4.79 Å². The number of sulfonamides is 1. The number of ether oxygens (including phenoxy) is 1. The monoisotopic (exact) mass is 334 g/mol. The Morgan fingerprint density at radius 1 is 1.43 bits per heavy atom. The highest BCUT2D eigenvalue weighted by Crippen LogP contribution is 2.28. The molecule has 0 atom stereocenters. The van der Waals surface area contributed by atoms with Crippen molar-refractivity contribution in [1.82, 2.24) is 4.72 Å². The molecule has 1 rings (SSSR count). The van der Waals surface area contributed by atoms with Gasteiger partial charge in [-0.1, -0.05) is 0 Å². The summed E-state index contributed by atoms with van der Waals surface area (Å²) in [5, 5.41) is 1.56. The third-order valence-electron chi connectivity index (χ3n) is 2.93. The Bertz CT molecular complexity index is 661. The first-order valence-corrected chi connectivity index (χ1v) is 8.35. The van der Waals surface area contributed by atoms with Gasteiger partial charge in [0.15, 0.2) is 0 Å². The molecule has 1 aromatic heterocycles. The van der Waals surface area contributed by atoms with Crippen LogP contribution in [0, 0.1) is 12.3 Å². The van der Waals surface area contributed by atoms with Crippen molar-refractivity contribution in [1.29, 1.82) is 0 Å². The van der Waals surface area contributed by atoms with Crippen LogP contribution in [0.4, 0.5) is 0 Å². The summed E-state index contributed by atoms with van der Waals surface area (Å²) in [6.45, 7) is 4.47. The predicted octanol–water partition coefficient (Wildman–Crippen LogP) is 0.633. The second-order valence-electron chi connectivity index (χ2n) is 5.14. The second-order valence-corrected chi connectivity index (χ2v) is 7.72. The van der Waals surface area contributed by atoms with Crippen LogP contribution in [0.2, 0.25) is 0 Å². The number of rotatable bonds is 6. The molecule has 0 radical (unpaired) electrons. The zero-order valence-corrected chi connectivity index (χ0v) is 13.9. The number of primary amides is 1. The number of methoxy groups -OCH3 is 1. The maximum absolute atomic E-state index is 12.4. The predicted molar refractivity (Wildman–Crippen MR) is 78.6 cm³/mol. The Kier molecular flexibility index (Phi) is 5.13. The summed E-state index contributed by atoms with van der Waals surface area (Å²) in [7, 11) is -2.77. The molecule has 0 unspecified atom stereocenters. The van der Waals surface area contributed by atoms with E-state index in [4.69, 9.17) is 5.73 Å². The van der Waals surface area contributed by atoms with Crippen LogP contribution < -0.4 is 10.5 Å². The first kappa shape index (κ1) is 17.6. The molecule has 0 spiro atoms. The summed E-state index contributed by atoms with van der Waals surface area (Å²) in [5.74, 6) is -1.34. The highest BCUT2D eigenvalue weighted by Gasteiger charge is 2.31. The minimum Gasteiger partial charge on any atom is -0.465 e. The van der Waals surface area contributed by atoms with E-state index in [0.717, 1.165) is 11.3 Å². The number of amides is 1. The van der Waals surface area contributed by atoms with E-state index < -0.39 is 27.3 Å². The smallest absolute Gasteiger partial charge is 0.349 e. The maximum atomic E-state index is 12.4. The summed E-state index contributed by atoms with van der Waals surface area (Å²) in [6.07, 6.45) is 0. The third kappa shape index (κ3) is 3.80. The molecule has 118 valence electrons. The van der Waals surface area contributed by atoms with Gasteiger partial charge in [0.25, 0.3) is 0 Å². The Balaban J connectivity index is 3.13. The summed E-state index contributed by atoms with van der Waals surface area (Å²) in [6, 6.07) is 0. The number of hydrogen-bond acceptors (Lipinski definition) is 6. The highest BCUT2D eigenvalue weighted by molar-refractivity contribution is 7.89. The van der Waals surface area contributed by atoms with Gasteiger partial charge in [-0.05, 0) is 31.7 Å². The fourth-order valence-corrected chi connectivity index (χ4v) is 4.35. The van der Waals surface area contributed by atoms with Crippen molar-refractivity contribution in [3.05, 3.63) is 15.8 Å². The first-order valence-electron chi connectivity index (χ1n) is 5.99. The van der Waals surface area contributed by atoms with Crippen LogP contribution in [0.3, 0.4) is 0 Å². The van der Waals surface area contributed by atoms with E-state index in [9.17, 15) is 18.0 Å². The van der Waals surface area contributed by atoms with Gasteiger partial charge in [-0.2, -0.15) is 0 Å². The molecule has 7 nitrogen and oxygen atoms in total. The van der Waals surface area contributed by atoms with E-state index in [2.05, 4.69) is 9.46 Å². The minimum atomic E-state index is -3.95. The van der Waals surface area contributed by atoms with Crippen LogP contribution in [0.15, 0.2) is 10.3 Å². The van der Waals surface area contributed by atoms with Gasteiger partial charge in [0, 0.05) is 6.54 Å². The van der Waals surface area contributed by atoms with Crippen LogP contribution in [0.1, 0.15) is 29.1 Å². The third-order valence-corrected chi connectivity index (χ3v) is 5.72. The van der Waals surface area contributed by atoms with Crippen LogP contribution in [-0.4, -0.2) is 33.9 Å². The quantitative estimate of drug-likeness (QED) is 0.740. The van der Waals surface area contributed by atoms with Crippen molar-refractivity contribution in [2.75, 3.05) is 13.7 Å². The van der Waals surface area contributed by atoms with Gasteiger partial charge in [0.05, 0.1) is 12.5 Å². The molecule has 1 heterocycles. The van der Waals surface area contributed by atoms with Crippen molar-refractivity contribution < 1.29 is 22.7 Å². The zero-order valence-electron chi connectivity index (χ0n) is 12.2. The maximum Gasteiger partial charge on any atom is 0.349 e. The van der Waals surface area contributed by atoms with E-state index in [1.807, 2.05) is 0 Å². The first-order chi connectivity index (χ1) is 9.53. The summed E-state index contributed by atoms with van der Waals surface area (Å²) in [4.78, 5) is 22.7. The fourth-order valence-electron chi connectivity index (χ4n) is 1.44. The average Bonchev–Trinajstić information content (AvgIpc) is 2.78. The van der Waals surface area contributed by atoms with Crippen LogP contribution in [0.5, 0.6) is 0 Å². The lowest BCUT2D eigenvalue weighted by Gasteiger charge is -2.20. The lowest BCUT2D eigenvalue weighted by molar-refractivity contribution is -0.125. The number of esters is 1. The topological polar surface area (TPSA) is 116 Å². The normalized spacial score (nSPS) is 12.2. The highest BCUT2D eigenvalue weighted by atomic mass is 32.2. The molecule has 0 aromatic carbocycles. The summed E-state index contributed by atoms with van der Waals surface area (Å²) < 4.78 is 31.6. The Labute approximate surface area is 127 Å². The van der Waals surface area contributed by atoms with Gasteiger partial charge < -0.3 is 10.5 Å². The largest absolute Gasteiger partial charge is 0.465 e. The van der Waals surface area contributed by atoms with Gasteiger partial charge >= 0.3 is 5.97 Å². The van der Waals surface area contributed by atoms with Gasteiger partial charge in [-0.25, -0.2) is 17.9 Å². The molecule has 0 saturated carbocycles. The molecule has 0 aliphatic carbocycles. The number of thiophene rings is 1. The fraction of sp³-hybridized carbons (Fsp3) is 0.500. The Morgan fingerprint density at radius 2 is 2.00 bits per heavy atom. The molecule has 9 heteroatoms. The summed E-state index contributed by atoms with van der Waals surface area (Å²) in [5.41, 5.74) is 4.60. The number of hydrogen-bond donors (Lipinski definition) is 2. The van der Waals surface area contributed by atoms with E-state index in [1.54, 1.807) is 12.3 Å². The molecule has 21 heavy (non-hydrogen) atoms. The number of carbonyl (C=O) groups is 2. The summed E-state index contributed by atoms with van der Waals surface area (Å²) >= 11 is 0.990. The lowest BCUT2D eigenvalue weighted by Crippen LogP contribution is -2.42. The van der Waals surface area contributed by atoms with E-state index in [1.165, 1.54) is 21.0 Å². The molecule has 1 amide bonds. The van der Waals surface area contributed by atoms with Gasteiger partial charge in [0.2, 0.25) is 15.9 Å². The van der Waals surface area contributed by atoms with Crippen molar-refractivity contribution in [3.8, 4) is 0 Å². The van der Waals surface area contributed by atoms with Crippen LogP contribution in [0.25, 0.3) is 0 Å². The Morgan fingerprint density at radius 3 is 2.48 bits per heavy atom. The Hall–Kier alpha value is -1.45. The SMILES string of the molecule is COC(=O)c1scc(C)c1S(=O)(=O)NCC(C)(C)C(N)=O. The van der Waals surface area contributed by atoms with Crippen molar-refractivity contribution >= 4 is 33.2 Å². The molecule has 0 fully saturated rings. The molecule has 1 aromatic rings. The lowest BCUT2D eigenvalue weighted by atomic mass is 9.93. The van der Waals surface area contributed by atoms with E-state index in [0.29, 0.717) is 5.56 Å². The number of nitrogens with two attached hydrogens (primary N) is 1. The molecule has 3 N–H and O–H groups in total. The van der Waals surface area contributed by atoms with Crippen LogP contribution in [-0.2, 0) is 19.6 Å². The number of aryl methyl sites for hydroxylation is 1. The number of carbonyl (C=O) groups excluding carboxylic acids is 2. The molecule has 0 aliphatic heterocycles. The second kappa shape index (κ2) is 6.12. The standard InChI is InChI=1S/C12H18N2O5S2/c1-7-5-20-8(10(15)19-4)9(7)21(17,18)14-6-12(2,3)11(13)16/h5,14H,6H2,1-4H3,(H2,13,16). The molecular formula is C12H18N2O5S2. The van der Waals surface area contributed by atoms with Crippen molar-refractivity contribution in [2.45, 2.75) is 25.7 Å². The van der Waals surface area contributed by atoms with E-state index in [-0.39, 0.29) is 16.3 Å². The van der Waals surface area contributed by atoms with Crippen LogP contribution >= 0.6 is 11.3 Å².